The van der Waals surface area contributed by atoms with Crippen molar-refractivity contribution in [3.8, 4) is 17.1 Å². The second-order valence-corrected chi connectivity index (χ2v) is 11.7. The molecule has 41 heavy (non-hydrogen) atoms. The lowest BCUT2D eigenvalue weighted by Gasteiger charge is -2.50. The fourth-order valence-electron chi connectivity index (χ4n) is 7.24. The van der Waals surface area contributed by atoms with E-state index in [9.17, 15) is 34.8 Å². The molecule has 0 bridgehead atoms. The molecule has 1 aliphatic heterocycles. The van der Waals surface area contributed by atoms with Crippen molar-refractivity contribution in [3.05, 3.63) is 58.1 Å². The lowest BCUT2D eigenvalue weighted by molar-refractivity contribution is -0.153. The van der Waals surface area contributed by atoms with Crippen molar-refractivity contribution >= 4 is 23.2 Å². The SMILES string of the molecule is CN(C)C1C(=O)C(C(N)=O)=C(O)[C@]2(O)C(=O)C3=C(O)c4c(O)ccc(-c5ccc(CN6CCCC6)o5)c4C[C@@H]3C[C@@H]12. The van der Waals surface area contributed by atoms with E-state index in [2.05, 4.69) is 4.90 Å². The van der Waals surface area contributed by atoms with Crippen molar-refractivity contribution in [2.45, 2.75) is 43.9 Å². The zero-order valence-corrected chi connectivity index (χ0v) is 22.9. The summed E-state index contributed by atoms with van der Waals surface area (Å²) in [4.78, 5) is 43.2. The number of primary amides is 1. The Hall–Kier alpha value is -3.93. The number of nitrogens with zero attached hydrogens (tertiary/aromatic N) is 2. The number of phenols is 1. The Kier molecular flexibility index (Phi) is 6.36. The Balaban J connectivity index is 1.46. The first-order chi connectivity index (χ1) is 19.4. The molecule has 1 saturated heterocycles. The minimum Gasteiger partial charge on any atom is -0.508 e. The highest BCUT2D eigenvalue weighted by Gasteiger charge is 2.64. The van der Waals surface area contributed by atoms with Crippen LogP contribution in [0.3, 0.4) is 0 Å². The number of amides is 1. The number of phenolic OH excluding ortho intramolecular Hbond substituents is 1. The molecule has 11 heteroatoms. The van der Waals surface area contributed by atoms with E-state index in [4.69, 9.17) is 10.2 Å². The average Bonchev–Trinajstić information content (AvgIpc) is 3.59. The summed E-state index contributed by atoms with van der Waals surface area (Å²) in [6.07, 6.45) is 2.53. The number of aromatic hydroxyl groups is 1. The molecule has 4 aliphatic rings. The van der Waals surface area contributed by atoms with Crippen LogP contribution < -0.4 is 5.73 Å². The molecule has 2 heterocycles. The molecule has 6 rings (SSSR count). The standard InChI is InChI=1S/C30H33N3O8/c1-32(2)24-18-12-14-11-17-16(20-8-5-15(41-20)13-33-9-3-4-10-33)6-7-19(34)22(17)25(35)21(14)27(37)30(18,40)28(38)23(26(24)36)29(31)39/h5-8,14,18,24,34-35,38,40H,3-4,9-13H2,1-2H3,(H2,31,39)/t14-,18+,24?,30-/m1/s1. The van der Waals surface area contributed by atoms with Gasteiger partial charge >= 0.3 is 0 Å². The van der Waals surface area contributed by atoms with Crippen LogP contribution in [0, 0.1) is 11.8 Å². The molecule has 2 fully saturated rings. The predicted octanol–water partition coefficient (Wildman–Crippen LogP) is 1.82. The molecule has 3 aliphatic carbocycles. The lowest BCUT2D eigenvalue weighted by atomic mass is 9.57. The van der Waals surface area contributed by atoms with Crippen molar-refractivity contribution in [2.24, 2.45) is 17.6 Å². The molecule has 2 aromatic rings. The number of rotatable bonds is 5. The summed E-state index contributed by atoms with van der Waals surface area (Å²) in [6.45, 7) is 2.70. The number of Topliss-reactive ketones (excluding diaryl/α,β-unsaturated/α-hetero) is 2. The van der Waals surface area contributed by atoms with E-state index < -0.39 is 58.0 Å². The van der Waals surface area contributed by atoms with E-state index in [1.807, 2.05) is 12.1 Å². The lowest BCUT2D eigenvalue weighted by Crippen LogP contribution is -2.65. The zero-order chi connectivity index (χ0) is 29.4. The second-order valence-electron chi connectivity index (χ2n) is 11.7. The number of carbonyl (C=O) groups is 3. The molecule has 1 aromatic heterocycles. The van der Waals surface area contributed by atoms with Crippen molar-refractivity contribution in [2.75, 3.05) is 27.2 Å². The van der Waals surface area contributed by atoms with Gasteiger partial charge in [-0.15, -0.1) is 0 Å². The van der Waals surface area contributed by atoms with Crippen molar-refractivity contribution in [1.82, 2.24) is 9.80 Å². The second kappa shape index (κ2) is 9.57. The summed E-state index contributed by atoms with van der Waals surface area (Å²) in [5, 5.41) is 45.0. The van der Waals surface area contributed by atoms with Gasteiger partial charge in [-0.05, 0) is 88.6 Å². The van der Waals surface area contributed by atoms with Gasteiger partial charge < -0.3 is 30.6 Å². The molecule has 4 atom stereocenters. The molecule has 11 nitrogen and oxygen atoms in total. The minimum atomic E-state index is -2.66. The van der Waals surface area contributed by atoms with E-state index in [1.165, 1.54) is 11.0 Å². The topological polar surface area (TPSA) is 178 Å². The summed E-state index contributed by atoms with van der Waals surface area (Å²) >= 11 is 0. The molecule has 1 amide bonds. The summed E-state index contributed by atoms with van der Waals surface area (Å²) in [6, 6.07) is 5.72. The van der Waals surface area contributed by atoms with Gasteiger partial charge in [0.2, 0.25) is 5.78 Å². The quantitative estimate of drug-likeness (QED) is 0.337. The van der Waals surface area contributed by atoms with Crippen LogP contribution in [-0.2, 0) is 27.3 Å². The molecule has 0 radical (unpaired) electrons. The number of fused-ring (bicyclic) bond motifs is 3. The number of likely N-dealkylation sites (tertiary alicyclic amines) is 1. The van der Waals surface area contributed by atoms with E-state index in [0.717, 1.165) is 31.7 Å². The largest absolute Gasteiger partial charge is 0.508 e. The van der Waals surface area contributed by atoms with E-state index in [0.29, 0.717) is 23.4 Å². The fraction of sp³-hybridized carbons (Fsp3) is 0.433. The maximum Gasteiger partial charge on any atom is 0.255 e. The van der Waals surface area contributed by atoms with E-state index in [-0.39, 0.29) is 29.7 Å². The molecule has 0 spiro atoms. The number of carbonyl (C=O) groups excluding carboxylic acids is 3. The number of aliphatic hydroxyl groups excluding tert-OH is 2. The van der Waals surface area contributed by atoms with Gasteiger partial charge in [0.1, 0.15) is 34.4 Å². The normalized spacial score (nSPS) is 28.2. The van der Waals surface area contributed by atoms with Gasteiger partial charge in [0.15, 0.2) is 11.4 Å². The number of benzene rings is 1. The van der Waals surface area contributed by atoms with E-state index in [1.54, 1.807) is 20.2 Å². The first-order valence-corrected chi connectivity index (χ1v) is 13.8. The van der Waals surface area contributed by atoms with Gasteiger partial charge in [0, 0.05) is 17.1 Å². The molecule has 1 saturated carbocycles. The summed E-state index contributed by atoms with van der Waals surface area (Å²) in [5.74, 6) is -5.41. The number of hydrogen-bond donors (Lipinski definition) is 5. The Bertz CT molecular complexity index is 1550. The van der Waals surface area contributed by atoms with Gasteiger partial charge in [0.05, 0.1) is 18.2 Å². The summed E-state index contributed by atoms with van der Waals surface area (Å²) < 4.78 is 6.18. The monoisotopic (exact) mass is 563 g/mol. The van der Waals surface area contributed by atoms with Gasteiger partial charge in [-0.3, -0.25) is 24.2 Å². The van der Waals surface area contributed by atoms with Crippen LogP contribution in [0.4, 0.5) is 0 Å². The van der Waals surface area contributed by atoms with E-state index >= 15 is 0 Å². The van der Waals surface area contributed by atoms with Crippen LogP contribution in [0.2, 0.25) is 0 Å². The van der Waals surface area contributed by atoms with Gasteiger partial charge in [-0.2, -0.15) is 0 Å². The van der Waals surface area contributed by atoms with Crippen LogP contribution >= 0.6 is 0 Å². The predicted molar refractivity (Wildman–Crippen MR) is 146 cm³/mol. The maximum absolute atomic E-state index is 14.0. The van der Waals surface area contributed by atoms with Crippen LogP contribution in [0.1, 0.15) is 36.1 Å². The van der Waals surface area contributed by atoms with Gasteiger partial charge in [-0.25, -0.2) is 0 Å². The molecular weight excluding hydrogens is 530 g/mol. The number of furan rings is 1. The number of likely N-dealkylation sites (N-methyl/N-ethyl adjacent to an activating group) is 1. The number of nitrogens with two attached hydrogens (primary N) is 1. The molecule has 216 valence electrons. The fourth-order valence-corrected chi connectivity index (χ4v) is 7.24. The molecule has 6 N–H and O–H groups in total. The van der Waals surface area contributed by atoms with Crippen molar-refractivity contribution in [3.63, 3.8) is 0 Å². The average molecular weight is 564 g/mol. The smallest absolute Gasteiger partial charge is 0.255 e. The maximum atomic E-state index is 14.0. The van der Waals surface area contributed by atoms with Gasteiger partial charge in [-0.1, -0.05) is 0 Å². The molecule has 1 unspecified atom stereocenters. The third-order valence-electron chi connectivity index (χ3n) is 9.11. The number of hydrogen-bond acceptors (Lipinski definition) is 10. The third kappa shape index (κ3) is 3.94. The van der Waals surface area contributed by atoms with Crippen LogP contribution in [0.15, 0.2) is 45.6 Å². The Morgan fingerprint density at radius 2 is 1.83 bits per heavy atom. The minimum absolute atomic E-state index is 0.0270. The van der Waals surface area contributed by atoms with Crippen molar-refractivity contribution in [1.29, 1.82) is 0 Å². The van der Waals surface area contributed by atoms with Crippen LogP contribution in [0.5, 0.6) is 5.75 Å². The van der Waals surface area contributed by atoms with Crippen molar-refractivity contribution < 1.29 is 39.2 Å². The zero-order valence-electron chi connectivity index (χ0n) is 22.9. The van der Waals surface area contributed by atoms with Crippen LogP contribution in [0.25, 0.3) is 17.1 Å². The number of ketones is 2. The Morgan fingerprint density at radius 3 is 2.49 bits per heavy atom. The molecular formula is C30H33N3O8. The highest BCUT2D eigenvalue weighted by atomic mass is 16.4. The third-order valence-corrected chi connectivity index (χ3v) is 9.11. The van der Waals surface area contributed by atoms with Crippen LogP contribution in [-0.4, -0.2) is 86.5 Å². The highest BCUT2D eigenvalue weighted by molar-refractivity contribution is 6.24. The molecule has 1 aromatic carbocycles. The van der Waals surface area contributed by atoms with Gasteiger partial charge in [0.25, 0.3) is 5.91 Å². The Labute approximate surface area is 236 Å². The number of aliphatic hydroxyl groups is 3. The first-order valence-electron chi connectivity index (χ1n) is 13.8. The highest BCUT2D eigenvalue weighted by Crippen LogP contribution is 2.53. The summed E-state index contributed by atoms with van der Waals surface area (Å²) in [5.41, 5.74) is 2.95. The summed E-state index contributed by atoms with van der Waals surface area (Å²) in [7, 11) is 3.14. The first kappa shape index (κ1) is 27.3. The Morgan fingerprint density at radius 1 is 1.12 bits per heavy atom.